The second-order valence-corrected chi connectivity index (χ2v) is 5.73. The van der Waals surface area contributed by atoms with Gasteiger partial charge in [-0.25, -0.2) is 4.98 Å². The average Bonchev–Trinajstić information content (AvgIpc) is 2.84. The molecular formula is C13H13N3O4S. The molecule has 8 heteroatoms. The van der Waals surface area contributed by atoms with E-state index in [4.69, 9.17) is 0 Å². The number of hydrogen-bond acceptors (Lipinski definition) is 6. The molecule has 1 aromatic carbocycles. The summed E-state index contributed by atoms with van der Waals surface area (Å²) in [6.45, 7) is 3.71. The standard InChI is InChI=1S/C13H13N3O4S/c1-7-6-14-13(21-7)8(2)15-12(18)9-3-4-10(16(19)20)11(17)5-9/h3-6,8,17H,1-2H3,(H,15,18). The molecule has 0 fully saturated rings. The largest absolute Gasteiger partial charge is 0.502 e. The van der Waals surface area contributed by atoms with E-state index < -0.39 is 22.3 Å². The highest BCUT2D eigenvalue weighted by Gasteiger charge is 2.18. The van der Waals surface area contributed by atoms with Crippen molar-refractivity contribution in [3.05, 3.63) is 50.0 Å². The Morgan fingerprint density at radius 3 is 2.76 bits per heavy atom. The number of rotatable bonds is 4. The number of hydrogen-bond donors (Lipinski definition) is 2. The van der Waals surface area contributed by atoms with Crippen molar-refractivity contribution in [1.29, 1.82) is 0 Å². The summed E-state index contributed by atoms with van der Waals surface area (Å²) in [4.78, 5) is 27.2. The van der Waals surface area contributed by atoms with E-state index >= 15 is 0 Å². The zero-order chi connectivity index (χ0) is 15.6. The number of amides is 1. The van der Waals surface area contributed by atoms with Crippen LogP contribution >= 0.6 is 11.3 Å². The highest BCUT2D eigenvalue weighted by molar-refractivity contribution is 7.11. The van der Waals surface area contributed by atoms with Gasteiger partial charge in [-0.3, -0.25) is 14.9 Å². The lowest BCUT2D eigenvalue weighted by atomic mass is 10.1. The van der Waals surface area contributed by atoms with E-state index in [2.05, 4.69) is 10.3 Å². The van der Waals surface area contributed by atoms with Crippen LogP contribution < -0.4 is 5.32 Å². The fraction of sp³-hybridized carbons (Fsp3) is 0.231. The summed E-state index contributed by atoms with van der Waals surface area (Å²) in [6.07, 6.45) is 1.72. The van der Waals surface area contributed by atoms with Gasteiger partial charge >= 0.3 is 5.69 Å². The van der Waals surface area contributed by atoms with Gasteiger partial charge in [0.15, 0.2) is 5.75 Å². The lowest BCUT2D eigenvalue weighted by Crippen LogP contribution is -2.26. The molecular weight excluding hydrogens is 294 g/mol. The van der Waals surface area contributed by atoms with Crippen LogP contribution in [0, 0.1) is 17.0 Å². The smallest absolute Gasteiger partial charge is 0.310 e. The Bertz CT molecular complexity index is 698. The maximum atomic E-state index is 12.1. The summed E-state index contributed by atoms with van der Waals surface area (Å²) in [7, 11) is 0. The third-order valence-corrected chi connectivity index (χ3v) is 3.89. The van der Waals surface area contributed by atoms with Crippen molar-refractivity contribution in [2.75, 3.05) is 0 Å². The Balaban J connectivity index is 2.13. The molecule has 7 nitrogen and oxygen atoms in total. The van der Waals surface area contributed by atoms with Crippen LogP contribution in [-0.4, -0.2) is 20.9 Å². The molecule has 0 bridgehead atoms. The van der Waals surface area contributed by atoms with Crippen LogP contribution in [0.15, 0.2) is 24.4 Å². The lowest BCUT2D eigenvalue weighted by molar-refractivity contribution is -0.385. The summed E-state index contributed by atoms with van der Waals surface area (Å²) in [6, 6.07) is 3.19. The first-order valence-corrected chi connectivity index (χ1v) is 6.90. The molecule has 21 heavy (non-hydrogen) atoms. The number of aryl methyl sites for hydroxylation is 1. The van der Waals surface area contributed by atoms with E-state index in [0.717, 1.165) is 22.0 Å². The normalized spacial score (nSPS) is 11.9. The van der Waals surface area contributed by atoms with E-state index in [1.54, 1.807) is 13.1 Å². The second-order valence-electron chi connectivity index (χ2n) is 4.46. The number of nitro benzene ring substituents is 1. The topological polar surface area (TPSA) is 105 Å². The Hall–Kier alpha value is -2.48. The number of benzene rings is 1. The van der Waals surface area contributed by atoms with Crippen LogP contribution in [0.25, 0.3) is 0 Å². The molecule has 0 saturated carbocycles. The molecule has 1 amide bonds. The van der Waals surface area contributed by atoms with Gasteiger partial charge in [0.1, 0.15) is 5.01 Å². The first-order chi connectivity index (χ1) is 9.88. The minimum Gasteiger partial charge on any atom is -0.502 e. The minimum absolute atomic E-state index is 0.151. The molecule has 2 rings (SSSR count). The quantitative estimate of drug-likeness (QED) is 0.667. The zero-order valence-electron chi connectivity index (χ0n) is 11.4. The fourth-order valence-electron chi connectivity index (χ4n) is 1.73. The van der Waals surface area contributed by atoms with Gasteiger partial charge in [0.25, 0.3) is 5.91 Å². The van der Waals surface area contributed by atoms with Gasteiger partial charge in [-0.05, 0) is 26.0 Å². The van der Waals surface area contributed by atoms with Crippen LogP contribution in [0.4, 0.5) is 5.69 Å². The summed E-state index contributed by atoms with van der Waals surface area (Å²) in [5, 5.41) is 23.6. The Morgan fingerprint density at radius 1 is 1.52 bits per heavy atom. The van der Waals surface area contributed by atoms with E-state index in [1.165, 1.54) is 17.4 Å². The molecule has 1 heterocycles. The lowest BCUT2D eigenvalue weighted by Gasteiger charge is -2.11. The summed E-state index contributed by atoms with van der Waals surface area (Å²) < 4.78 is 0. The minimum atomic E-state index is -0.710. The van der Waals surface area contributed by atoms with Gasteiger partial charge in [0.05, 0.1) is 11.0 Å². The van der Waals surface area contributed by atoms with Crippen LogP contribution in [0.3, 0.4) is 0 Å². The third-order valence-electron chi connectivity index (χ3n) is 2.79. The molecule has 1 unspecified atom stereocenters. The Kier molecular flexibility index (Phi) is 4.18. The van der Waals surface area contributed by atoms with E-state index in [0.29, 0.717) is 0 Å². The Morgan fingerprint density at radius 2 is 2.24 bits per heavy atom. The van der Waals surface area contributed by atoms with Gasteiger partial charge in [-0.1, -0.05) is 0 Å². The maximum Gasteiger partial charge on any atom is 0.310 e. The fourth-order valence-corrected chi connectivity index (χ4v) is 2.51. The maximum absolute atomic E-state index is 12.1. The zero-order valence-corrected chi connectivity index (χ0v) is 12.2. The summed E-state index contributed by atoms with van der Waals surface area (Å²) in [5.74, 6) is -0.967. The van der Waals surface area contributed by atoms with Crippen molar-refractivity contribution in [2.45, 2.75) is 19.9 Å². The number of thiazole rings is 1. The number of carbonyl (C=O) groups is 1. The first-order valence-electron chi connectivity index (χ1n) is 6.09. The van der Waals surface area contributed by atoms with Gasteiger partial charge < -0.3 is 10.4 Å². The van der Waals surface area contributed by atoms with E-state index in [-0.39, 0.29) is 11.6 Å². The molecule has 2 N–H and O–H groups in total. The first kappa shape index (κ1) is 14.9. The number of phenolic OH excluding ortho intramolecular Hbond substituents is 1. The average molecular weight is 307 g/mol. The van der Waals surface area contributed by atoms with Gasteiger partial charge in [0, 0.05) is 22.7 Å². The van der Waals surface area contributed by atoms with Crippen LogP contribution in [0.2, 0.25) is 0 Å². The number of nitrogens with one attached hydrogen (secondary N) is 1. The highest BCUT2D eigenvalue weighted by atomic mass is 32.1. The third kappa shape index (κ3) is 3.34. The predicted octanol–water partition coefficient (Wildman–Crippen LogP) is 2.56. The molecule has 0 saturated heterocycles. The Labute approximate surface area is 124 Å². The monoisotopic (exact) mass is 307 g/mol. The van der Waals surface area contributed by atoms with Crippen molar-refractivity contribution in [3.63, 3.8) is 0 Å². The highest BCUT2D eigenvalue weighted by Crippen LogP contribution is 2.26. The molecule has 1 atom stereocenters. The summed E-state index contributed by atoms with van der Waals surface area (Å²) >= 11 is 1.48. The number of nitrogens with zero attached hydrogens (tertiary/aromatic N) is 2. The van der Waals surface area contributed by atoms with E-state index in [9.17, 15) is 20.0 Å². The molecule has 110 valence electrons. The molecule has 0 aliphatic heterocycles. The van der Waals surface area contributed by atoms with Crippen molar-refractivity contribution < 1.29 is 14.8 Å². The molecule has 0 aliphatic carbocycles. The van der Waals surface area contributed by atoms with Crippen LogP contribution in [0.5, 0.6) is 5.75 Å². The molecule has 1 aromatic heterocycles. The molecule has 0 aliphatic rings. The van der Waals surface area contributed by atoms with Crippen LogP contribution in [0.1, 0.15) is 33.2 Å². The SMILES string of the molecule is Cc1cnc(C(C)NC(=O)c2ccc([N+](=O)[O-])c(O)c2)s1. The predicted molar refractivity (Wildman–Crippen MR) is 77.5 cm³/mol. The second kappa shape index (κ2) is 5.88. The van der Waals surface area contributed by atoms with Gasteiger partial charge in [-0.2, -0.15) is 0 Å². The number of aromatic hydroxyl groups is 1. The van der Waals surface area contributed by atoms with Gasteiger partial charge in [-0.15, -0.1) is 11.3 Å². The number of phenols is 1. The molecule has 0 radical (unpaired) electrons. The number of aromatic nitrogens is 1. The van der Waals surface area contributed by atoms with Gasteiger partial charge in [0.2, 0.25) is 0 Å². The van der Waals surface area contributed by atoms with Crippen molar-refractivity contribution >= 4 is 22.9 Å². The molecule has 0 spiro atoms. The molecule has 2 aromatic rings. The van der Waals surface area contributed by atoms with E-state index in [1.807, 2.05) is 6.92 Å². The van der Waals surface area contributed by atoms with Crippen molar-refractivity contribution in [2.24, 2.45) is 0 Å². The van der Waals surface area contributed by atoms with Crippen molar-refractivity contribution in [1.82, 2.24) is 10.3 Å². The van der Waals surface area contributed by atoms with Crippen molar-refractivity contribution in [3.8, 4) is 5.75 Å². The van der Waals surface area contributed by atoms with Crippen LogP contribution in [-0.2, 0) is 0 Å². The number of carbonyl (C=O) groups excluding carboxylic acids is 1. The number of nitro groups is 1. The summed E-state index contributed by atoms with van der Waals surface area (Å²) in [5.41, 5.74) is -0.284.